The van der Waals surface area contributed by atoms with Crippen LogP contribution in [0.2, 0.25) is 0 Å². The third-order valence-electron chi connectivity index (χ3n) is 1.62. The van der Waals surface area contributed by atoms with E-state index in [2.05, 4.69) is 5.32 Å². The highest BCUT2D eigenvalue weighted by Crippen LogP contribution is 2.12. The van der Waals surface area contributed by atoms with E-state index in [1.54, 1.807) is 12.1 Å². The molecule has 0 saturated carbocycles. The fourth-order valence-corrected chi connectivity index (χ4v) is 1.36. The molecule has 0 heterocycles. The van der Waals surface area contributed by atoms with Gasteiger partial charge >= 0.3 is 5.97 Å². The van der Waals surface area contributed by atoms with E-state index in [0.29, 0.717) is 5.69 Å². The van der Waals surface area contributed by atoms with Crippen LogP contribution in [0.5, 0.6) is 0 Å². The summed E-state index contributed by atoms with van der Waals surface area (Å²) in [5.41, 5.74) is 1.77. The number of carbonyl (C=O) groups is 2. The maximum Gasteiger partial charge on any atom is 0.314 e. The molecule has 0 saturated heterocycles. The van der Waals surface area contributed by atoms with E-state index >= 15 is 0 Å². The third-order valence-corrected chi connectivity index (χ3v) is 2.38. The smallest absolute Gasteiger partial charge is 0.314 e. The van der Waals surface area contributed by atoms with E-state index in [9.17, 15) is 9.59 Å². The normalized spacial score (nSPS) is 9.67. The highest BCUT2D eigenvalue weighted by Gasteiger charge is 2.05. The first-order chi connectivity index (χ1) is 7.08. The average molecular weight is 225 g/mol. The van der Waals surface area contributed by atoms with Gasteiger partial charge in [0.2, 0.25) is 0 Å². The molecule has 1 amide bonds. The summed E-state index contributed by atoms with van der Waals surface area (Å²) in [6, 6.07) is 7.29. The number of hydrogen-bond acceptors (Lipinski definition) is 3. The zero-order valence-corrected chi connectivity index (χ0v) is 9.00. The molecule has 0 spiro atoms. The van der Waals surface area contributed by atoms with Crippen LogP contribution in [0.3, 0.4) is 0 Å². The molecule has 0 atom stereocenters. The first kappa shape index (κ1) is 11.6. The lowest BCUT2D eigenvalue weighted by Gasteiger charge is -2.03. The summed E-state index contributed by atoms with van der Waals surface area (Å²) in [4.78, 5) is 21.4. The fourth-order valence-electron chi connectivity index (χ4n) is 0.918. The lowest BCUT2D eigenvalue weighted by molar-refractivity contribution is -0.133. The van der Waals surface area contributed by atoms with Crippen molar-refractivity contribution in [1.29, 1.82) is 0 Å². The number of hydrogen-bond donors (Lipinski definition) is 2. The Kier molecular flexibility index (Phi) is 4.17. The highest BCUT2D eigenvalue weighted by atomic mass is 32.2. The maximum atomic E-state index is 11.2. The van der Waals surface area contributed by atoms with Gasteiger partial charge < -0.3 is 10.4 Å². The van der Waals surface area contributed by atoms with Gasteiger partial charge in [-0.3, -0.25) is 9.59 Å². The summed E-state index contributed by atoms with van der Waals surface area (Å²) in [5, 5.41) is 10.6. The van der Waals surface area contributed by atoms with Crippen LogP contribution in [0.25, 0.3) is 0 Å². The molecule has 80 valence electrons. The number of carboxylic acids is 1. The van der Waals surface area contributed by atoms with Crippen LogP contribution in [0.4, 0.5) is 10.5 Å². The van der Waals surface area contributed by atoms with Crippen molar-refractivity contribution in [2.75, 3.05) is 11.1 Å². The van der Waals surface area contributed by atoms with Gasteiger partial charge in [0.1, 0.15) is 5.75 Å². The lowest BCUT2D eigenvalue weighted by atomic mass is 10.2. The predicted octanol–water partition coefficient (Wildman–Crippen LogP) is 2.34. The second-order valence-electron chi connectivity index (χ2n) is 2.96. The molecular formula is C10H11NO3S. The van der Waals surface area contributed by atoms with Gasteiger partial charge in [-0.15, -0.1) is 0 Å². The number of amides is 1. The molecule has 15 heavy (non-hydrogen) atoms. The molecule has 5 heteroatoms. The molecule has 2 N–H and O–H groups in total. The van der Waals surface area contributed by atoms with Crippen molar-refractivity contribution in [3.63, 3.8) is 0 Å². The van der Waals surface area contributed by atoms with Gasteiger partial charge in [-0.05, 0) is 19.1 Å². The topological polar surface area (TPSA) is 66.4 Å². The Hall–Kier alpha value is -1.49. The van der Waals surface area contributed by atoms with Crippen LogP contribution >= 0.6 is 11.8 Å². The summed E-state index contributed by atoms with van der Waals surface area (Å²) in [6.07, 6.45) is 0. The summed E-state index contributed by atoms with van der Waals surface area (Å²) >= 11 is 0.734. The Bertz CT molecular complexity index is 361. The number of carboxylic acid groups (broad SMARTS) is 1. The molecular weight excluding hydrogens is 214 g/mol. The van der Waals surface area contributed by atoms with E-state index < -0.39 is 5.97 Å². The van der Waals surface area contributed by atoms with Crippen molar-refractivity contribution in [3.8, 4) is 0 Å². The van der Waals surface area contributed by atoms with Crippen molar-refractivity contribution >= 4 is 28.7 Å². The SMILES string of the molecule is Cc1ccc(NC(=O)SCC(=O)O)cc1. The van der Waals surface area contributed by atoms with Crippen molar-refractivity contribution in [3.05, 3.63) is 29.8 Å². The molecule has 0 fully saturated rings. The minimum absolute atomic E-state index is 0.225. The Balaban J connectivity index is 2.44. The molecule has 4 nitrogen and oxygen atoms in total. The Morgan fingerprint density at radius 2 is 1.93 bits per heavy atom. The average Bonchev–Trinajstić information content (AvgIpc) is 2.19. The number of carbonyl (C=O) groups excluding carboxylic acids is 1. The van der Waals surface area contributed by atoms with Gasteiger partial charge in [0.05, 0.1) is 0 Å². The van der Waals surface area contributed by atoms with Gasteiger partial charge in [0, 0.05) is 5.69 Å². The van der Waals surface area contributed by atoms with Gasteiger partial charge in [-0.2, -0.15) is 0 Å². The van der Waals surface area contributed by atoms with E-state index in [1.165, 1.54) is 0 Å². The number of thioether (sulfide) groups is 1. The summed E-state index contributed by atoms with van der Waals surface area (Å²) in [7, 11) is 0. The number of aliphatic carboxylic acids is 1. The van der Waals surface area contributed by atoms with Gasteiger partial charge in [-0.1, -0.05) is 29.5 Å². The van der Waals surface area contributed by atoms with Crippen LogP contribution in [0.15, 0.2) is 24.3 Å². The van der Waals surface area contributed by atoms with Crippen molar-refractivity contribution in [1.82, 2.24) is 0 Å². The van der Waals surface area contributed by atoms with Gasteiger partial charge in [-0.25, -0.2) is 0 Å². The minimum Gasteiger partial charge on any atom is -0.481 e. The molecule has 0 aliphatic carbocycles. The molecule has 0 aliphatic heterocycles. The molecule has 1 aromatic rings. The van der Waals surface area contributed by atoms with E-state index in [-0.39, 0.29) is 11.0 Å². The second kappa shape index (κ2) is 5.41. The summed E-state index contributed by atoms with van der Waals surface area (Å²) in [6.45, 7) is 1.95. The monoisotopic (exact) mass is 225 g/mol. The molecule has 0 aliphatic rings. The van der Waals surface area contributed by atoms with Crippen molar-refractivity contribution < 1.29 is 14.7 Å². The molecule has 0 radical (unpaired) electrons. The van der Waals surface area contributed by atoms with Gasteiger partial charge in [0.25, 0.3) is 5.24 Å². The largest absolute Gasteiger partial charge is 0.481 e. The summed E-state index contributed by atoms with van der Waals surface area (Å²) in [5.74, 6) is -1.23. The zero-order chi connectivity index (χ0) is 11.3. The standard InChI is InChI=1S/C10H11NO3S/c1-7-2-4-8(5-3-7)11-10(14)15-6-9(12)13/h2-5H,6H2,1H3,(H,11,14)(H,12,13). The maximum absolute atomic E-state index is 11.2. The first-order valence-corrected chi connectivity index (χ1v) is 5.29. The molecule has 1 aromatic carbocycles. The number of benzene rings is 1. The van der Waals surface area contributed by atoms with Crippen LogP contribution in [-0.2, 0) is 4.79 Å². The Morgan fingerprint density at radius 3 is 2.47 bits per heavy atom. The van der Waals surface area contributed by atoms with Crippen LogP contribution in [-0.4, -0.2) is 22.1 Å². The highest BCUT2D eigenvalue weighted by molar-refractivity contribution is 8.14. The first-order valence-electron chi connectivity index (χ1n) is 4.30. The minimum atomic E-state index is -1.00. The van der Waals surface area contributed by atoms with Gasteiger partial charge in [0.15, 0.2) is 0 Å². The van der Waals surface area contributed by atoms with Crippen LogP contribution in [0.1, 0.15) is 5.56 Å². The van der Waals surface area contributed by atoms with E-state index in [0.717, 1.165) is 17.3 Å². The van der Waals surface area contributed by atoms with E-state index in [4.69, 9.17) is 5.11 Å². The fraction of sp³-hybridized carbons (Fsp3) is 0.200. The number of anilines is 1. The molecule has 1 rings (SSSR count). The Labute approximate surface area is 91.7 Å². The molecule has 0 aromatic heterocycles. The van der Waals surface area contributed by atoms with Crippen LogP contribution < -0.4 is 5.32 Å². The molecule has 0 unspecified atom stereocenters. The summed E-state index contributed by atoms with van der Waals surface area (Å²) < 4.78 is 0. The molecule has 0 bridgehead atoms. The number of nitrogens with one attached hydrogen (secondary N) is 1. The van der Waals surface area contributed by atoms with E-state index in [1.807, 2.05) is 19.1 Å². The number of rotatable bonds is 3. The second-order valence-corrected chi connectivity index (χ2v) is 3.91. The predicted molar refractivity (Wildman–Crippen MR) is 60.3 cm³/mol. The van der Waals surface area contributed by atoms with Crippen molar-refractivity contribution in [2.45, 2.75) is 6.92 Å². The Morgan fingerprint density at radius 1 is 1.33 bits per heavy atom. The quantitative estimate of drug-likeness (QED) is 0.828. The number of aryl methyl sites for hydroxylation is 1. The van der Waals surface area contributed by atoms with Crippen LogP contribution in [0, 0.1) is 6.92 Å². The zero-order valence-electron chi connectivity index (χ0n) is 8.19. The van der Waals surface area contributed by atoms with Crippen molar-refractivity contribution in [2.24, 2.45) is 0 Å². The lowest BCUT2D eigenvalue weighted by Crippen LogP contribution is -2.09. The third kappa shape index (κ3) is 4.51.